The van der Waals surface area contributed by atoms with Gasteiger partial charge in [-0.15, -0.1) is 0 Å². The first kappa shape index (κ1) is 11.8. The number of imide groups is 1. The summed E-state index contributed by atoms with van der Waals surface area (Å²) in [4.78, 5) is 38.6. The Hall–Kier alpha value is -2.64. The molecule has 1 aliphatic rings. The average Bonchev–Trinajstić information content (AvgIpc) is 2.64. The predicted molar refractivity (Wildman–Crippen MR) is 58.3 cm³/mol. The third-order valence-corrected chi connectivity index (χ3v) is 2.46. The Bertz CT molecular complexity index is 581. The summed E-state index contributed by atoms with van der Waals surface area (Å²) in [5.74, 6) is -2.61. The first-order valence-electron chi connectivity index (χ1n) is 4.82. The van der Waals surface area contributed by atoms with Crippen LogP contribution in [0.15, 0.2) is 0 Å². The SMILES string of the molecule is COC(=O)c1c(OC)nc(N)c2c1C(=O)NC2=O. The van der Waals surface area contributed by atoms with Crippen molar-refractivity contribution < 1.29 is 23.9 Å². The Kier molecular flexibility index (Phi) is 2.62. The van der Waals surface area contributed by atoms with Gasteiger partial charge in [-0.3, -0.25) is 14.9 Å². The number of carbonyl (C=O) groups excluding carboxylic acids is 3. The van der Waals surface area contributed by atoms with Gasteiger partial charge < -0.3 is 15.2 Å². The van der Waals surface area contributed by atoms with Crippen molar-refractivity contribution in [3.63, 3.8) is 0 Å². The number of carbonyl (C=O) groups is 3. The summed E-state index contributed by atoms with van der Waals surface area (Å²) in [5.41, 5.74) is 5.03. The smallest absolute Gasteiger partial charge is 0.344 e. The summed E-state index contributed by atoms with van der Waals surface area (Å²) in [6, 6.07) is 0. The molecule has 1 aromatic rings. The highest BCUT2D eigenvalue weighted by molar-refractivity contribution is 6.26. The molecule has 0 atom stereocenters. The molecule has 2 amide bonds. The molecule has 8 nitrogen and oxygen atoms in total. The molecule has 0 saturated carbocycles. The number of fused-ring (bicyclic) bond motifs is 1. The van der Waals surface area contributed by atoms with Gasteiger partial charge in [-0.1, -0.05) is 0 Å². The molecule has 18 heavy (non-hydrogen) atoms. The number of hydrogen-bond acceptors (Lipinski definition) is 7. The number of pyridine rings is 1. The number of methoxy groups -OCH3 is 2. The molecule has 0 radical (unpaired) electrons. The number of aromatic nitrogens is 1. The number of nitrogens with one attached hydrogen (secondary N) is 1. The molecule has 2 rings (SSSR count). The molecule has 0 aliphatic carbocycles. The number of rotatable bonds is 2. The van der Waals surface area contributed by atoms with Crippen LogP contribution in [0.25, 0.3) is 0 Å². The maximum Gasteiger partial charge on any atom is 0.344 e. The fourth-order valence-electron chi connectivity index (χ4n) is 1.71. The highest BCUT2D eigenvalue weighted by Crippen LogP contribution is 2.30. The summed E-state index contributed by atoms with van der Waals surface area (Å²) in [7, 11) is 2.40. The Balaban J connectivity index is 2.83. The van der Waals surface area contributed by atoms with E-state index in [-0.39, 0.29) is 28.4 Å². The Morgan fingerprint density at radius 3 is 2.39 bits per heavy atom. The fraction of sp³-hybridized carbons (Fsp3) is 0.200. The van der Waals surface area contributed by atoms with Gasteiger partial charge in [0.2, 0.25) is 5.88 Å². The van der Waals surface area contributed by atoms with Crippen molar-refractivity contribution in [2.45, 2.75) is 0 Å². The molecule has 2 heterocycles. The van der Waals surface area contributed by atoms with Gasteiger partial charge >= 0.3 is 5.97 Å². The predicted octanol–water partition coefficient (Wildman–Crippen LogP) is -0.657. The standard InChI is InChI=1S/C10H9N3O5/c1-17-9-5(10(16)18-2)3-4(6(11)12-9)8(15)13-7(3)14/h1-2H3,(H2,11,12)(H,13,14,15). The lowest BCUT2D eigenvalue weighted by Gasteiger charge is -2.10. The Morgan fingerprint density at radius 1 is 1.22 bits per heavy atom. The van der Waals surface area contributed by atoms with Gasteiger partial charge in [0.1, 0.15) is 11.4 Å². The first-order valence-corrected chi connectivity index (χ1v) is 4.82. The van der Waals surface area contributed by atoms with Gasteiger partial charge in [-0.2, -0.15) is 4.98 Å². The third kappa shape index (κ3) is 1.46. The van der Waals surface area contributed by atoms with Crippen molar-refractivity contribution in [1.29, 1.82) is 0 Å². The number of ether oxygens (including phenoxy) is 2. The third-order valence-electron chi connectivity index (χ3n) is 2.46. The number of anilines is 1. The highest BCUT2D eigenvalue weighted by Gasteiger charge is 2.37. The van der Waals surface area contributed by atoms with Crippen molar-refractivity contribution in [3.05, 3.63) is 16.7 Å². The number of nitrogen functional groups attached to an aromatic ring is 1. The van der Waals surface area contributed by atoms with Crippen LogP contribution in [0.1, 0.15) is 31.1 Å². The monoisotopic (exact) mass is 251 g/mol. The molecule has 0 aromatic carbocycles. The van der Waals surface area contributed by atoms with E-state index in [0.717, 1.165) is 7.11 Å². The molecule has 0 spiro atoms. The summed E-state index contributed by atoms with van der Waals surface area (Å²) in [6.07, 6.45) is 0. The Morgan fingerprint density at radius 2 is 1.83 bits per heavy atom. The fourth-order valence-corrected chi connectivity index (χ4v) is 1.71. The number of nitrogens with zero attached hydrogens (tertiary/aromatic N) is 1. The molecule has 8 heteroatoms. The second-order valence-corrected chi connectivity index (χ2v) is 3.41. The van der Waals surface area contributed by atoms with Gasteiger partial charge in [-0.05, 0) is 0 Å². The zero-order chi connectivity index (χ0) is 13.4. The zero-order valence-electron chi connectivity index (χ0n) is 9.57. The van der Waals surface area contributed by atoms with Crippen LogP contribution >= 0.6 is 0 Å². The van der Waals surface area contributed by atoms with Crippen molar-refractivity contribution in [2.24, 2.45) is 0 Å². The summed E-state index contributed by atoms with van der Waals surface area (Å²) in [6.45, 7) is 0. The van der Waals surface area contributed by atoms with Crippen LogP contribution < -0.4 is 15.8 Å². The van der Waals surface area contributed by atoms with E-state index in [1.165, 1.54) is 7.11 Å². The van der Waals surface area contributed by atoms with Crippen LogP contribution in [0, 0.1) is 0 Å². The van der Waals surface area contributed by atoms with Crippen LogP contribution in [0.4, 0.5) is 5.82 Å². The van der Waals surface area contributed by atoms with Crippen LogP contribution in [-0.2, 0) is 4.74 Å². The maximum absolute atomic E-state index is 11.7. The van der Waals surface area contributed by atoms with E-state index in [4.69, 9.17) is 10.5 Å². The minimum Gasteiger partial charge on any atom is -0.480 e. The lowest BCUT2D eigenvalue weighted by molar-refractivity contribution is 0.0592. The summed E-state index contributed by atoms with van der Waals surface area (Å²) < 4.78 is 9.41. The molecular weight excluding hydrogens is 242 g/mol. The second kappa shape index (κ2) is 3.99. The highest BCUT2D eigenvalue weighted by atomic mass is 16.5. The van der Waals surface area contributed by atoms with Crippen molar-refractivity contribution in [2.75, 3.05) is 20.0 Å². The summed E-state index contributed by atoms with van der Waals surface area (Å²) >= 11 is 0. The largest absolute Gasteiger partial charge is 0.480 e. The van der Waals surface area contributed by atoms with E-state index in [0.29, 0.717) is 0 Å². The minimum atomic E-state index is -0.833. The molecule has 0 bridgehead atoms. The zero-order valence-corrected chi connectivity index (χ0v) is 9.57. The van der Waals surface area contributed by atoms with Gasteiger partial charge in [0, 0.05) is 0 Å². The van der Waals surface area contributed by atoms with Crippen molar-refractivity contribution in [1.82, 2.24) is 10.3 Å². The number of hydrogen-bond donors (Lipinski definition) is 2. The maximum atomic E-state index is 11.7. The molecule has 1 aliphatic heterocycles. The quantitative estimate of drug-likeness (QED) is 0.528. The second-order valence-electron chi connectivity index (χ2n) is 3.41. The minimum absolute atomic E-state index is 0.138. The topological polar surface area (TPSA) is 121 Å². The molecular formula is C10H9N3O5. The van der Waals surface area contributed by atoms with Crippen LogP contribution in [0.5, 0.6) is 5.88 Å². The molecule has 94 valence electrons. The lowest BCUT2D eigenvalue weighted by atomic mass is 10.0. The lowest BCUT2D eigenvalue weighted by Crippen LogP contribution is -2.21. The van der Waals surface area contributed by atoms with Crippen LogP contribution in [-0.4, -0.2) is 37.0 Å². The molecule has 0 fully saturated rings. The van der Waals surface area contributed by atoms with E-state index < -0.39 is 17.8 Å². The van der Waals surface area contributed by atoms with E-state index >= 15 is 0 Å². The molecule has 3 N–H and O–H groups in total. The molecule has 0 unspecified atom stereocenters. The van der Waals surface area contributed by atoms with Gasteiger partial charge in [0.05, 0.1) is 25.3 Å². The van der Waals surface area contributed by atoms with Gasteiger partial charge in [-0.25, -0.2) is 4.79 Å². The van der Waals surface area contributed by atoms with Gasteiger partial charge in [0.15, 0.2) is 0 Å². The summed E-state index contributed by atoms with van der Waals surface area (Å²) in [5, 5.41) is 2.03. The van der Waals surface area contributed by atoms with Crippen LogP contribution in [0.2, 0.25) is 0 Å². The van der Waals surface area contributed by atoms with Crippen molar-refractivity contribution >= 4 is 23.6 Å². The van der Waals surface area contributed by atoms with E-state index in [1.807, 2.05) is 5.32 Å². The van der Waals surface area contributed by atoms with Gasteiger partial charge in [0.25, 0.3) is 11.8 Å². The molecule has 1 aromatic heterocycles. The van der Waals surface area contributed by atoms with Crippen molar-refractivity contribution in [3.8, 4) is 5.88 Å². The Labute approximate surface area is 101 Å². The van der Waals surface area contributed by atoms with Crippen LogP contribution in [0.3, 0.4) is 0 Å². The van der Waals surface area contributed by atoms with E-state index in [1.54, 1.807) is 0 Å². The number of nitrogens with two attached hydrogens (primary N) is 1. The van der Waals surface area contributed by atoms with E-state index in [9.17, 15) is 14.4 Å². The molecule has 0 saturated heterocycles. The number of esters is 1. The normalized spacial score (nSPS) is 13.0. The average molecular weight is 251 g/mol. The number of amides is 2. The first-order chi connectivity index (χ1) is 8.51. The van der Waals surface area contributed by atoms with E-state index in [2.05, 4.69) is 9.72 Å².